The van der Waals surface area contributed by atoms with Gasteiger partial charge in [-0.1, -0.05) is 53.7 Å². The van der Waals surface area contributed by atoms with Gasteiger partial charge < -0.3 is 9.84 Å². The molecule has 2 N–H and O–H groups in total. The van der Waals surface area contributed by atoms with Crippen LogP contribution in [0.1, 0.15) is 29.7 Å². The highest BCUT2D eigenvalue weighted by atomic mass is 32.1. The molecule has 0 fully saturated rings. The number of hydrogen-bond acceptors (Lipinski definition) is 7. The molecule has 0 spiro atoms. The zero-order valence-corrected chi connectivity index (χ0v) is 22.0. The molecular weight excluding hydrogens is 508 g/mol. The first-order chi connectivity index (χ1) is 17.8. The highest BCUT2D eigenvalue weighted by Gasteiger charge is 2.21. The molecule has 1 atom stereocenters. The van der Waals surface area contributed by atoms with Crippen molar-refractivity contribution in [1.29, 1.82) is 0 Å². The summed E-state index contributed by atoms with van der Waals surface area (Å²) >= 11 is 3.23. The SMILES string of the molecule is Cc1cc(CC(=O)O)ccc1-c1cc2sc(-c3nnn(C)c3NC(=O)OC(C)c3ccccc3)cc2s1. The number of ether oxygens (including phenoxy) is 1. The molecule has 1 amide bonds. The third-order valence-corrected chi connectivity index (χ3v) is 8.29. The average Bonchev–Trinajstić information content (AvgIpc) is 3.53. The van der Waals surface area contributed by atoms with Crippen molar-refractivity contribution in [2.75, 3.05) is 5.32 Å². The van der Waals surface area contributed by atoms with Gasteiger partial charge in [-0.2, -0.15) is 0 Å². The van der Waals surface area contributed by atoms with E-state index >= 15 is 0 Å². The lowest BCUT2D eigenvalue weighted by Crippen LogP contribution is -2.18. The Labute approximate surface area is 221 Å². The molecule has 3 heterocycles. The first-order valence-electron chi connectivity index (χ1n) is 11.6. The first kappa shape index (κ1) is 24.7. The van der Waals surface area contributed by atoms with Crippen LogP contribution >= 0.6 is 22.7 Å². The van der Waals surface area contributed by atoms with Crippen molar-refractivity contribution in [3.8, 4) is 21.0 Å². The Bertz CT molecular complexity index is 1570. The van der Waals surface area contributed by atoms with Gasteiger partial charge in [-0.05, 0) is 48.2 Å². The number of anilines is 1. The Morgan fingerprint density at radius 1 is 1.05 bits per heavy atom. The molecule has 37 heavy (non-hydrogen) atoms. The number of carbonyl (C=O) groups is 2. The molecule has 5 rings (SSSR count). The minimum atomic E-state index is -0.840. The maximum absolute atomic E-state index is 12.6. The van der Waals surface area contributed by atoms with Crippen LogP contribution in [0.2, 0.25) is 0 Å². The number of carbonyl (C=O) groups excluding carboxylic acids is 1. The minimum Gasteiger partial charge on any atom is -0.481 e. The third kappa shape index (κ3) is 5.25. The number of aliphatic carboxylic acids is 1. The van der Waals surface area contributed by atoms with Crippen molar-refractivity contribution in [3.63, 3.8) is 0 Å². The smallest absolute Gasteiger partial charge is 0.413 e. The number of nitrogens with one attached hydrogen (secondary N) is 1. The Morgan fingerprint density at radius 2 is 1.76 bits per heavy atom. The van der Waals surface area contributed by atoms with Crippen molar-refractivity contribution in [2.24, 2.45) is 7.05 Å². The van der Waals surface area contributed by atoms with Crippen LogP contribution in [0.15, 0.2) is 60.7 Å². The molecule has 0 aliphatic rings. The first-order valence-corrected chi connectivity index (χ1v) is 13.2. The number of carboxylic acid groups (broad SMARTS) is 1. The van der Waals surface area contributed by atoms with Crippen LogP contribution in [0.25, 0.3) is 30.4 Å². The molecule has 3 aromatic heterocycles. The summed E-state index contributed by atoms with van der Waals surface area (Å²) < 4.78 is 9.27. The van der Waals surface area contributed by atoms with Gasteiger partial charge in [-0.15, -0.1) is 27.8 Å². The van der Waals surface area contributed by atoms with Gasteiger partial charge in [-0.3, -0.25) is 10.1 Å². The lowest BCUT2D eigenvalue weighted by molar-refractivity contribution is -0.136. The van der Waals surface area contributed by atoms with E-state index in [1.165, 1.54) is 4.68 Å². The van der Waals surface area contributed by atoms with Crippen molar-refractivity contribution < 1.29 is 19.4 Å². The monoisotopic (exact) mass is 532 g/mol. The largest absolute Gasteiger partial charge is 0.481 e. The lowest BCUT2D eigenvalue weighted by atomic mass is 10.0. The molecule has 2 aromatic carbocycles. The van der Waals surface area contributed by atoms with Gasteiger partial charge in [0, 0.05) is 21.3 Å². The molecule has 0 aliphatic carbocycles. The van der Waals surface area contributed by atoms with Crippen molar-refractivity contribution >= 4 is 50.0 Å². The second-order valence-electron chi connectivity index (χ2n) is 8.66. The number of amides is 1. The van der Waals surface area contributed by atoms with E-state index in [1.807, 2.05) is 62.4 Å². The highest BCUT2D eigenvalue weighted by Crippen LogP contribution is 2.43. The molecule has 0 saturated carbocycles. The van der Waals surface area contributed by atoms with Gasteiger partial charge in [0.05, 0.1) is 11.3 Å². The van der Waals surface area contributed by atoms with Crippen LogP contribution in [-0.4, -0.2) is 32.2 Å². The summed E-state index contributed by atoms with van der Waals surface area (Å²) in [6.45, 7) is 3.82. The Balaban J connectivity index is 1.36. The number of thiophene rings is 2. The summed E-state index contributed by atoms with van der Waals surface area (Å²) in [5, 5.41) is 20.2. The van der Waals surface area contributed by atoms with E-state index in [1.54, 1.807) is 29.7 Å². The third-order valence-electron chi connectivity index (χ3n) is 5.95. The molecule has 5 aromatic rings. The molecular formula is C27H24N4O4S2. The summed E-state index contributed by atoms with van der Waals surface area (Å²) in [7, 11) is 1.72. The van der Waals surface area contributed by atoms with Crippen molar-refractivity contribution in [3.05, 3.63) is 77.4 Å². The zero-order valence-electron chi connectivity index (χ0n) is 20.4. The predicted octanol–water partition coefficient (Wildman–Crippen LogP) is 6.67. The number of nitrogens with zero attached hydrogens (tertiary/aromatic N) is 3. The summed E-state index contributed by atoms with van der Waals surface area (Å²) in [6.07, 6.45) is -0.972. The number of benzene rings is 2. The maximum atomic E-state index is 12.6. The van der Waals surface area contributed by atoms with E-state index in [0.29, 0.717) is 11.5 Å². The number of rotatable bonds is 7. The van der Waals surface area contributed by atoms with Crippen molar-refractivity contribution in [2.45, 2.75) is 26.4 Å². The predicted molar refractivity (Wildman–Crippen MR) is 146 cm³/mol. The number of aryl methyl sites for hydroxylation is 2. The van der Waals surface area contributed by atoms with Gasteiger partial charge in [0.15, 0.2) is 5.82 Å². The normalized spacial score (nSPS) is 12.0. The molecule has 8 nitrogen and oxygen atoms in total. The van der Waals surface area contributed by atoms with E-state index in [-0.39, 0.29) is 6.42 Å². The molecule has 1 unspecified atom stereocenters. The Hall–Kier alpha value is -4.02. The zero-order chi connectivity index (χ0) is 26.1. The molecule has 0 bridgehead atoms. The molecule has 10 heteroatoms. The molecule has 188 valence electrons. The number of carboxylic acids is 1. The second kappa shape index (κ2) is 10.2. The topological polar surface area (TPSA) is 106 Å². The number of hydrogen-bond donors (Lipinski definition) is 2. The quantitative estimate of drug-likeness (QED) is 0.242. The fraction of sp³-hybridized carbons (Fsp3) is 0.185. The highest BCUT2D eigenvalue weighted by molar-refractivity contribution is 7.31. The van der Waals surface area contributed by atoms with Gasteiger partial charge in [0.2, 0.25) is 0 Å². The summed E-state index contributed by atoms with van der Waals surface area (Å²) in [5.74, 6) is -0.377. The van der Waals surface area contributed by atoms with Crippen LogP contribution in [0.4, 0.5) is 10.6 Å². The summed E-state index contributed by atoms with van der Waals surface area (Å²) in [5.41, 5.74) is 4.39. The second-order valence-corrected chi connectivity index (χ2v) is 10.8. The standard InChI is InChI=1S/C27H24N4O4S2/c1-15-11-17(12-24(32)33)9-10-19(15)20-13-21-22(36-20)14-23(37-21)25-26(31(3)30-29-25)28-27(34)35-16(2)18-7-5-4-6-8-18/h4-11,13-14,16H,12H2,1-3H3,(H,28,34)(H,32,33). The van der Waals surface area contributed by atoms with Crippen LogP contribution in [0.3, 0.4) is 0 Å². The molecule has 0 radical (unpaired) electrons. The van der Waals surface area contributed by atoms with Gasteiger partial charge in [0.1, 0.15) is 11.8 Å². The van der Waals surface area contributed by atoms with Crippen LogP contribution < -0.4 is 5.32 Å². The van der Waals surface area contributed by atoms with E-state index < -0.39 is 18.2 Å². The number of aromatic nitrogens is 3. The fourth-order valence-electron chi connectivity index (χ4n) is 4.11. The summed E-state index contributed by atoms with van der Waals surface area (Å²) in [6, 6.07) is 19.5. The number of fused-ring (bicyclic) bond motifs is 1. The van der Waals surface area contributed by atoms with Crippen LogP contribution in [0.5, 0.6) is 0 Å². The Kier molecular flexibility index (Phi) is 6.77. The lowest BCUT2D eigenvalue weighted by Gasteiger charge is -2.14. The van der Waals surface area contributed by atoms with Crippen LogP contribution in [0, 0.1) is 6.92 Å². The molecule has 0 saturated heterocycles. The van der Waals surface area contributed by atoms with Gasteiger partial charge in [0.25, 0.3) is 0 Å². The van der Waals surface area contributed by atoms with Gasteiger partial charge in [-0.25, -0.2) is 9.48 Å². The van der Waals surface area contributed by atoms with E-state index in [2.05, 4.69) is 27.8 Å². The van der Waals surface area contributed by atoms with E-state index in [9.17, 15) is 9.59 Å². The minimum absolute atomic E-state index is 0.0111. The maximum Gasteiger partial charge on any atom is 0.413 e. The summed E-state index contributed by atoms with van der Waals surface area (Å²) in [4.78, 5) is 25.7. The average molecular weight is 533 g/mol. The fourth-order valence-corrected chi connectivity index (χ4v) is 6.59. The van der Waals surface area contributed by atoms with E-state index in [0.717, 1.165) is 41.4 Å². The molecule has 0 aliphatic heterocycles. The van der Waals surface area contributed by atoms with E-state index in [4.69, 9.17) is 9.84 Å². The Morgan fingerprint density at radius 3 is 2.46 bits per heavy atom. The van der Waals surface area contributed by atoms with Gasteiger partial charge >= 0.3 is 12.1 Å². The van der Waals surface area contributed by atoms with Crippen LogP contribution in [-0.2, 0) is 23.0 Å². The van der Waals surface area contributed by atoms with Crippen molar-refractivity contribution in [1.82, 2.24) is 15.0 Å².